The zero-order chi connectivity index (χ0) is 22.3. The number of carbonyl (C=O) groups excluding carboxylic acids is 1. The molecule has 6 nitrogen and oxygen atoms in total. The number of nitrogens with zero attached hydrogens (tertiary/aromatic N) is 1. The van der Waals surface area contributed by atoms with Crippen molar-refractivity contribution in [3.05, 3.63) is 66.4 Å². The van der Waals surface area contributed by atoms with E-state index < -0.39 is 33.5 Å². The summed E-state index contributed by atoms with van der Waals surface area (Å²) in [5, 5.41) is 0.328. The maximum Gasteiger partial charge on any atom is 0.573 e. The Hall–Kier alpha value is -3.14. The molecule has 0 bridgehead atoms. The summed E-state index contributed by atoms with van der Waals surface area (Å²) in [5.74, 6) is -1.41. The van der Waals surface area contributed by atoms with Gasteiger partial charge in [-0.15, -0.1) is 13.2 Å². The molecule has 0 unspecified atom stereocenters. The average molecular weight is 450 g/mol. The summed E-state index contributed by atoms with van der Waals surface area (Å²) in [6.45, 7) is 0. The van der Waals surface area contributed by atoms with E-state index in [1.54, 1.807) is 18.2 Å². The van der Waals surface area contributed by atoms with Crippen LogP contribution in [-0.4, -0.2) is 25.7 Å². The van der Waals surface area contributed by atoms with Crippen molar-refractivity contribution >= 4 is 26.8 Å². The molecule has 0 saturated heterocycles. The predicted molar refractivity (Wildman–Crippen MR) is 106 cm³/mol. The number of carbonyl (C=O) groups is 1. The Balaban J connectivity index is 1.71. The highest BCUT2D eigenvalue weighted by Gasteiger charge is 2.49. The lowest BCUT2D eigenvalue weighted by atomic mass is 9.63. The molecule has 3 aromatic rings. The Kier molecular flexibility index (Phi) is 5.12. The number of ether oxygens (including phenoxy) is 1. The minimum absolute atomic E-state index is 0.00543. The van der Waals surface area contributed by atoms with Gasteiger partial charge in [-0.1, -0.05) is 30.7 Å². The number of hydrogen-bond acceptors (Lipinski definition) is 5. The molecule has 4 rings (SSSR count). The fraction of sp³-hybridized carbons (Fsp3) is 0.238. The van der Waals surface area contributed by atoms with Gasteiger partial charge < -0.3 is 4.74 Å². The number of halogens is 3. The molecular weight excluding hydrogens is 433 g/mol. The molecular formula is C21H17F3N2O4S. The van der Waals surface area contributed by atoms with Crippen molar-refractivity contribution in [3.63, 3.8) is 0 Å². The number of sulfonamides is 1. The van der Waals surface area contributed by atoms with Crippen LogP contribution < -0.4 is 9.46 Å². The quantitative estimate of drug-likeness (QED) is 0.634. The van der Waals surface area contributed by atoms with E-state index in [2.05, 4.69) is 14.4 Å². The summed E-state index contributed by atoms with van der Waals surface area (Å²) in [4.78, 5) is 17.1. The standard InChI is InChI=1S/C21H17F3N2O4S/c22-21(23,24)30-17-9-2-1-7-15(17)20(11-5-12-20)19(27)26-31(28,29)18-10-3-8-16-14(18)6-4-13-25-16/h1-4,6-10,13H,5,11-12H2,(H,26,27). The molecule has 2 aromatic carbocycles. The van der Waals surface area contributed by atoms with Crippen LogP contribution in [0.4, 0.5) is 13.2 Å². The molecule has 10 heteroatoms. The number of rotatable bonds is 5. The van der Waals surface area contributed by atoms with Crippen molar-refractivity contribution in [2.75, 3.05) is 0 Å². The summed E-state index contributed by atoms with van der Waals surface area (Å²) in [5.41, 5.74) is -0.997. The fourth-order valence-electron chi connectivity index (χ4n) is 3.81. The van der Waals surface area contributed by atoms with E-state index >= 15 is 0 Å². The number of fused-ring (bicyclic) bond motifs is 1. The maximum absolute atomic E-state index is 13.1. The van der Waals surface area contributed by atoms with Crippen LogP contribution in [0.1, 0.15) is 24.8 Å². The third kappa shape index (κ3) is 3.95. The molecule has 0 radical (unpaired) electrons. The SMILES string of the molecule is O=C(NS(=O)(=O)c1cccc2ncccc12)C1(c2ccccc2OC(F)(F)F)CCC1. The van der Waals surface area contributed by atoms with Crippen molar-refractivity contribution in [1.29, 1.82) is 0 Å². The van der Waals surface area contributed by atoms with E-state index in [-0.39, 0.29) is 23.3 Å². The van der Waals surface area contributed by atoms with E-state index in [9.17, 15) is 26.4 Å². The van der Waals surface area contributed by atoms with Crippen LogP contribution in [-0.2, 0) is 20.2 Å². The second-order valence-electron chi connectivity index (χ2n) is 7.24. The van der Waals surface area contributed by atoms with Crippen LogP contribution in [0, 0.1) is 0 Å². The molecule has 162 valence electrons. The first-order valence-electron chi connectivity index (χ1n) is 9.39. The molecule has 1 aromatic heterocycles. The molecule has 0 aliphatic heterocycles. The van der Waals surface area contributed by atoms with Gasteiger partial charge in [-0.05, 0) is 43.2 Å². The molecule has 1 aliphatic rings. The number of para-hydroxylation sites is 1. The maximum atomic E-state index is 13.1. The molecule has 1 amide bonds. The van der Waals surface area contributed by atoms with Crippen LogP contribution in [0.2, 0.25) is 0 Å². The van der Waals surface area contributed by atoms with Crippen LogP contribution in [0.3, 0.4) is 0 Å². The van der Waals surface area contributed by atoms with Gasteiger partial charge in [0.05, 0.1) is 15.8 Å². The normalized spacial score (nSPS) is 15.8. The van der Waals surface area contributed by atoms with Gasteiger partial charge in [-0.25, -0.2) is 13.1 Å². The van der Waals surface area contributed by atoms with Crippen LogP contribution in [0.15, 0.2) is 65.7 Å². The minimum atomic E-state index is -4.94. The van der Waals surface area contributed by atoms with E-state index in [0.717, 1.165) is 6.07 Å². The zero-order valence-electron chi connectivity index (χ0n) is 16.0. The van der Waals surface area contributed by atoms with Crippen LogP contribution in [0.25, 0.3) is 10.9 Å². The van der Waals surface area contributed by atoms with E-state index in [1.165, 1.54) is 36.5 Å². The Bertz CT molecular complexity index is 1250. The second-order valence-corrected chi connectivity index (χ2v) is 8.89. The van der Waals surface area contributed by atoms with E-state index in [0.29, 0.717) is 17.3 Å². The highest BCUT2D eigenvalue weighted by molar-refractivity contribution is 7.90. The monoisotopic (exact) mass is 450 g/mol. The summed E-state index contributed by atoms with van der Waals surface area (Å²) in [6, 6.07) is 12.9. The first-order chi connectivity index (χ1) is 14.6. The predicted octanol–water partition coefficient (Wildman–Crippen LogP) is 4.06. The van der Waals surface area contributed by atoms with Crippen molar-refractivity contribution in [1.82, 2.24) is 9.71 Å². The number of aromatic nitrogens is 1. The molecule has 31 heavy (non-hydrogen) atoms. The lowest BCUT2D eigenvalue weighted by Gasteiger charge is -2.41. The van der Waals surface area contributed by atoms with Gasteiger partial charge in [0.2, 0.25) is 5.91 Å². The van der Waals surface area contributed by atoms with Crippen molar-refractivity contribution < 1.29 is 31.1 Å². The molecule has 1 aliphatic carbocycles. The topological polar surface area (TPSA) is 85.4 Å². The van der Waals surface area contributed by atoms with Gasteiger partial charge >= 0.3 is 6.36 Å². The van der Waals surface area contributed by atoms with E-state index in [4.69, 9.17) is 0 Å². The minimum Gasteiger partial charge on any atom is -0.405 e. The first-order valence-corrected chi connectivity index (χ1v) is 10.9. The molecule has 1 saturated carbocycles. The number of hydrogen-bond donors (Lipinski definition) is 1. The largest absolute Gasteiger partial charge is 0.573 e. The second kappa shape index (κ2) is 7.52. The van der Waals surface area contributed by atoms with Gasteiger partial charge in [0, 0.05) is 17.1 Å². The van der Waals surface area contributed by atoms with Crippen molar-refractivity contribution in [2.45, 2.75) is 35.9 Å². The zero-order valence-corrected chi connectivity index (χ0v) is 16.8. The molecule has 1 N–H and O–H groups in total. The molecule has 1 heterocycles. The summed E-state index contributed by atoms with van der Waals surface area (Å²) in [6.07, 6.45) is -2.48. The summed E-state index contributed by atoms with van der Waals surface area (Å²) < 4.78 is 70.7. The smallest absolute Gasteiger partial charge is 0.405 e. The lowest BCUT2D eigenvalue weighted by molar-refractivity contribution is -0.275. The number of alkyl halides is 3. The average Bonchev–Trinajstić information content (AvgIpc) is 2.66. The highest BCUT2D eigenvalue weighted by Crippen LogP contribution is 2.48. The molecule has 0 atom stereocenters. The van der Waals surface area contributed by atoms with Gasteiger partial charge in [0.15, 0.2) is 0 Å². The Morgan fingerprint density at radius 3 is 2.45 bits per heavy atom. The Labute approximate surface area is 176 Å². The number of benzene rings is 2. The van der Waals surface area contributed by atoms with E-state index in [1.807, 2.05) is 0 Å². The van der Waals surface area contributed by atoms with Crippen LogP contribution >= 0.6 is 0 Å². The van der Waals surface area contributed by atoms with Gasteiger partial charge in [0.25, 0.3) is 10.0 Å². The first kappa shape index (κ1) is 21.1. The van der Waals surface area contributed by atoms with Gasteiger partial charge in [0.1, 0.15) is 5.75 Å². The fourth-order valence-corrected chi connectivity index (χ4v) is 5.08. The third-order valence-corrected chi connectivity index (χ3v) is 6.78. The third-order valence-electron chi connectivity index (χ3n) is 5.39. The lowest BCUT2D eigenvalue weighted by Crippen LogP contribution is -2.51. The summed E-state index contributed by atoms with van der Waals surface area (Å²) in [7, 11) is -4.30. The number of nitrogens with one attached hydrogen (secondary N) is 1. The van der Waals surface area contributed by atoms with Crippen molar-refractivity contribution in [2.24, 2.45) is 0 Å². The number of amides is 1. The van der Waals surface area contributed by atoms with Gasteiger partial charge in [-0.2, -0.15) is 0 Å². The Morgan fingerprint density at radius 1 is 1.03 bits per heavy atom. The van der Waals surface area contributed by atoms with Crippen LogP contribution in [0.5, 0.6) is 5.75 Å². The number of pyridine rings is 1. The van der Waals surface area contributed by atoms with Gasteiger partial charge in [-0.3, -0.25) is 9.78 Å². The molecule has 0 spiro atoms. The molecule has 1 fully saturated rings. The Morgan fingerprint density at radius 2 is 1.77 bits per heavy atom. The highest BCUT2D eigenvalue weighted by atomic mass is 32.2. The van der Waals surface area contributed by atoms with Crippen molar-refractivity contribution in [3.8, 4) is 5.75 Å². The summed E-state index contributed by atoms with van der Waals surface area (Å²) >= 11 is 0.